The summed E-state index contributed by atoms with van der Waals surface area (Å²) in [7, 11) is 1.38. The van der Waals surface area contributed by atoms with Crippen LogP contribution >= 0.6 is 0 Å². The van der Waals surface area contributed by atoms with Gasteiger partial charge in [0.1, 0.15) is 5.75 Å². The highest BCUT2D eigenvalue weighted by Gasteiger charge is 2.21. The van der Waals surface area contributed by atoms with E-state index in [0.29, 0.717) is 17.5 Å². The molecule has 1 heterocycles. The Hall–Kier alpha value is -4.05. The number of nitrogens with zero attached hydrogens (tertiary/aromatic N) is 1. The molecular formula is C31H29NO3. The lowest BCUT2D eigenvalue weighted by atomic mass is 9.99. The Labute approximate surface area is 205 Å². The normalized spacial score (nSPS) is 11.4. The smallest absolute Gasteiger partial charge is 0.338 e. The van der Waals surface area contributed by atoms with Crippen LogP contribution in [0.15, 0.2) is 84.9 Å². The molecule has 0 atom stereocenters. The van der Waals surface area contributed by atoms with Crippen LogP contribution in [0.4, 0.5) is 0 Å². The van der Waals surface area contributed by atoms with Crippen LogP contribution in [-0.4, -0.2) is 22.8 Å². The summed E-state index contributed by atoms with van der Waals surface area (Å²) in [4.78, 5) is 12.6. The van der Waals surface area contributed by atoms with Crippen molar-refractivity contribution in [1.29, 1.82) is 0 Å². The molecule has 5 aromatic rings. The van der Waals surface area contributed by atoms with Crippen LogP contribution < -0.4 is 0 Å². The van der Waals surface area contributed by atoms with E-state index in [1.165, 1.54) is 18.2 Å². The van der Waals surface area contributed by atoms with E-state index in [1.807, 2.05) is 24.3 Å². The summed E-state index contributed by atoms with van der Waals surface area (Å²) in [6, 6.07) is 28.6. The molecule has 0 spiro atoms. The minimum atomic E-state index is -0.410. The predicted octanol–water partition coefficient (Wildman–Crippen LogP) is 7.05. The number of hydrogen-bond donors (Lipinski definition) is 1. The highest BCUT2D eigenvalue weighted by molar-refractivity contribution is 6.19. The molecule has 4 nitrogen and oxygen atoms in total. The number of rotatable bonds is 6. The third-order valence-electron chi connectivity index (χ3n) is 6.65. The maximum Gasteiger partial charge on any atom is 0.338 e. The molecule has 0 amide bonds. The summed E-state index contributed by atoms with van der Waals surface area (Å²) in [6.45, 7) is 4.84. The van der Waals surface area contributed by atoms with E-state index in [4.69, 9.17) is 4.74 Å². The molecule has 4 heteroatoms. The van der Waals surface area contributed by atoms with Gasteiger partial charge in [0.25, 0.3) is 0 Å². The second-order valence-electron chi connectivity index (χ2n) is 9.35. The van der Waals surface area contributed by atoms with Gasteiger partial charge in [-0.15, -0.1) is 0 Å². The summed E-state index contributed by atoms with van der Waals surface area (Å²) < 4.78 is 7.26. The van der Waals surface area contributed by atoms with E-state index in [2.05, 4.69) is 73.0 Å². The Morgan fingerprint density at radius 2 is 1.54 bits per heavy atom. The van der Waals surface area contributed by atoms with Crippen molar-refractivity contribution in [2.45, 2.75) is 32.7 Å². The first kappa shape index (κ1) is 22.7. The van der Waals surface area contributed by atoms with Crippen molar-refractivity contribution in [3.05, 3.63) is 113 Å². The molecule has 0 radical (unpaired) electrons. The Morgan fingerprint density at radius 3 is 2.29 bits per heavy atom. The Balaban J connectivity index is 1.68. The zero-order valence-electron chi connectivity index (χ0n) is 20.3. The zero-order chi connectivity index (χ0) is 24.5. The standard InChI is InChI=1S/C31H29NO3/c1-20(2)24-17-27-30(28(33)18-24)29-25(31(34)35-3)13-8-14-26(29)32(27)19-23-12-7-11-22(16-23)15-21-9-5-4-6-10-21/h4-14,16-18,20,33H,15,19H2,1-3H3. The summed E-state index contributed by atoms with van der Waals surface area (Å²) in [5.41, 5.74) is 7.00. The Morgan fingerprint density at radius 1 is 0.829 bits per heavy atom. The highest BCUT2D eigenvalue weighted by Crippen LogP contribution is 2.40. The SMILES string of the molecule is COC(=O)c1cccc2c1c1c(O)cc(C(C)C)cc1n2Cc1cccc(Cc2ccccc2)c1. The van der Waals surface area contributed by atoms with Crippen molar-refractivity contribution < 1.29 is 14.6 Å². The van der Waals surface area contributed by atoms with Crippen molar-refractivity contribution in [1.82, 2.24) is 4.57 Å². The number of esters is 1. The maximum absolute atomic E-state index is 12.6. The van der Waals surface area contributed by atoms with Crippen LogP contribution in [0.3, 0.4) is 0 Å². The Kier molecular flexibility index (Phi) is 6.04. The third kappa shape index (κ3) is 4.28. The van der Waals surface area contributed by atoms with Gasteiger partial charge in [0, 0.05) is 11.9 Å². The first-order valence-electron chi connectivity index (χ1n) is 11.9. The molecule has 0 aliphatic carbocycles. The molecule has 0 unspecified atom stereocenters. The van der Waals surface area contributed by atoms with Gasteiger partial charge in [-0.05, 0) is 58.9 Å². The van der Waals surface area contributed by atoms with E-state index < -0.39 is 5.97 Å². The number of phenolic OH excluding ortho intramolecular Hbond substituents is 1. The van der Waals surface area contributed by atoms with Crippen LogP contribution in [-0.2, 0) is 17.7 Å². The van der Waals surface area contributed by atoms with Gasteiger partial charge in [-0.3, -0.25) is 0 Å². The molecular weight excluding hydrogens is 434 g/mol. The maximum atomic E-state index is 12.6. The number of ether oxygens (including phenoxy) is 1. The van der Waals surface area contributed by atoms with Gasteiger partial charge in [-0.25, -0.2) is 4.79 Å². The third-order valence-corrected chi connectivity index (χ3v) is 6.65. The first-order chi connectivity index (χ1) is 17.0. The average Bonchev–Trinajstić information content (AvgIpc) is 3.18. The second kappa shape index (κ2) is 9.30. The molecule has 0 aliphatic heterocycles. The van der Waals surface area contributed by atoms with Gasteiger partial charge in [0.2, 0.25) is 0 Å². The number of benzene rings is 4. The number of aromatic nitrogens is 1. The van der Waals surface area contributed by atoms with Gasteiger partial charge in [0.15, 0.2) is 0 Å². The minimum absolute atomic E-state index is 0.184. The minimum Gasteiger partial charge on any atom is -0.507 e. The van der Waals surface area contributed by atoms with Crippen LogP contribution in [0, 0.1) is 0 Å². The fraction of sp³-hybridized carbons (Fsp3) is 0.194. The average molecular weight is 464 g/mol. The molecule has 1 N–H and O–H groups in total. The van der Waals surface area contributed by atoms with Crippen molar-refractivity contribution in [3.8, 4) is 5.75 Å². The lowest BCUT2D eigenvalue weighted by molar-refractivity contribution is 0.0603. The van der Waals surface area contributed by atoms with Crippen molar-refractivity contribution >= 4 is 27.8 Å². The number of phenols is 1. The number of carbonyl (C=O) groups is 1. The molecule has 4 aromatic carbocycles. The van der Waals surface area contributed by atoms with Crippen molar-refractivity contribution in [3.63, 3.8) is 0 Å². The molecule has 0 fully saturated rings. The molecule has 0 saturated carbocycles. The lowest BCUT2D eigenvalue weighted by Crippen LogP contribution is -2.03. The summed E-state index contributed by atoms with van der Waals surface area (Å²) in [5, 5.41) is 12.5. The van der Waals surface area contributed by atoms with E-state index >= 15 is 0 Å². The summed E-state index contributed by atoms with van der Waals surface area (Å²) >= 11 is 0. The van der Waals surface area contributed by atoms with Crippen LogP contribution in [0.5, 0.6) is 5.75 Å². The summed E-state index contributed by atoms with van der Waals surface area (Å²) in [5.74, 6) is 0.0296. The molecule has 176 valence electrons. The van der Waals surface area contributed by atoms with Crippen LogP contribution in [0.1, 0.15) is 52.4 Å². The number of fused-ring (bicyclic) bond motifs is 3. The molecule has 35 heavy (non-hydrogen) atoms. The van der Waals surface area contributed by atoms with E-state index in [0.717, 1.165) is 34.0 Å². The number of methoxy groups -OCH3 is 1. The molecule has 5 rings (SSSR count). The number of hydrogen-bond acceptors (Lipinski definition) is 3. The zero-order valence-corrected chi connectivity index (χ0v) is 20.3. The fourth-order valence-corrected chi connectivity index (χ4v) is 4.90. The van der Waals surface area contributed by atoms with Gasteiger partial charge in [0.05, 0.1) is 29.1 Å². The summed E-state index contributed by atoms with van der Waals surface area (Å²) in [6.07, 6.45) is 0.868. The lowest BCUT2D eigenvalue weighted by Gasteiger charge is -2.12. The van der Waals surface area contributed by atoms with Gasteiger partial charge in [-0.1, -0.05) is 74.5 Å². The number of carbonyl (C=O) groups excluding carboxylic acids is 1. The number of aromatic hydroxyl groups is 1. The van der Waals surface area contributed by atoms with Crippen LogP contribution in [0.25, 0.3) is 21.8 Å². The molecule has 0 bridgehead atoms. The quantitative estimate of drug-likeness (QED) is 0.275. The highest BCUT2D eigenvalue weighted by atomic mass is 16.5. The molecule has 0 aliphatic rings. The van der Waals surface area contributed by atoms with Crippen LogP contribution in [0.2, 0.25) is 0 Å². The molecule has 0 saturated heterocycles. The predicted molar refractivity (Wildman–Crippen MR) is 141 cm³/mol. The van der Waals surface area contributed by atoms with E-state index in [-0.39, 0.29) is 11.7 Å². The van der Waals surface area contributed by atoms with Crippen molar-refractivity contribution in [2.24, 2.45) is 0 Å². The van der Waals surface area contributed by atoms with Gasteiger partial charge in [-0.2, -0.15) is 0 Å². The van der Waals surface area contributed by atoms with E-state index in [1.54, 1.807) is 6.07 Å². The van der Waals surface area contributed by atoms with Gasteiger partial charge < -0.3 is 14.4 Å². The topological polar surface area (TPSA) is 51.5 Å². The Bertz CT molecular complexity index is 1530. The second-order valence-corrected chi connectivity index (χ2v) is 9.35. The van der Waals surface area contributed by atoms with Gasteiger partial charge >= 0.3 is 5.97 Å². The molecule has 1 aromatic heterocycles. The fourth-order valence-electron chi connectivity index (χ4n) is 4.90. The van der Waals surface area contributed by atoms with Crippen molar-refractivity contribution in [2.75, 3.05) is 7.11 Å². The monoisotopic (exact) mass is 463 g/mol. The van der Waals surface area contributed by atoms with E-state index in [9.17, 15) is 9.90 Å². The largest absolute Gasteiger partial charge is 0.507 e. The first-order valence-corrected chi connectivity index (χ1v) is 11.9.